The first-order chi connectivity index (χ1) is 12.3. The lowest BCUT2D eigenvalue weighted by molar-refractivity contribution is -0.141. The first-order valence-corrected chi connectivity index (χ1v) is 9.38. The summed E-state index contributed by atoms with van der Waals surface area (Å²) in [6.45, 7) is 11.2. The van der Waals surface area contributed by atoms with Gasteiger partial charge in [0.2, 0.25) is 5.91 Å². The third-order valence-corrected chi connectivity index (χ3v) is 5.72. The van der Waals surface area contributed by atoms with Crippen molar-refractivity contribution in [2.24, 2.45) is 11.1 Å². The van der Waals surface area contributed by atoms with Crippen LogP contribution in [0.4, 0.5) is 0 Å². The van der Waals surface area contributed by atoms with Gasteiger partial charge in [0.25, 0.3) is 0 Å². The molecule has 2 rings (SSSR count). The van der Waals surface area contributed by atoms with Crippen LogP contribution in [0.2, 0.25) is 0 Å². The molecule has 142 valence electrons. The number of para-hydroxylation sites is 1. The summed E-state index contributed by atoms with van der Waals surface area (Å²) < 4.78 is 1.98. The number of hydrogen-bond donors (Lipinski definition) is 1. The van der Waals surface area contributed by atoms with Crippen molar-refractivity contribution in [3.05, 3.63) is 46.8 Å². The first-order valence-electron chi connectivity index (χ1n) is 9.38. The maximum atomic E-state index is 13.0. The molecular weight excluding hydrogens is 324 g/mol. The molecule has 26 heavy (non-hydrogen) atoms. The van der Waals surface area contributed by atoms with Gasteiger partial charge in [-0.2, -0.15) is 5.10 Å². The number of carbonyl (C=O) groups excluding carboxylic acids is 1. The van der Waals surface area contributed by atoms with E-state index >= 15 is 0 Å². The highest BCUT2D eigenvalue weighted by molar-refractivity contribution is 5.82. The topological polar surface area (TPSA) is 64.2 Å². The van der Waals surface area contributed by atoms with Gasteiger partial charge in [-0.05, 0) is 45.2 Å². The largest absolute Gasteiger partial charge is 0.341 e. The Bertz CT molecular complexity index is 766. The van der Waals surface area contributed by atoms with Crippen molar-refractivity contribution in [3.8, 4) is 5.69 Å². The minimum absolute atomic E-state index is 0.118. The Labute approximate surface area is 157 Å². The van der Waals surface area contributed by atoms with E-state index in [1.165, 1.54) is 5.56 Å². The highest BCUT2D eigenvalue weighted by atomic mass is 16.2. The van der Waals surface area contributed by atoms with E-state index in [0.29, 0.717) is 13.1 Å². The van der Waals surface area contributed by atoms with Gasteiger partial charge in [0.15, 0.2) is 0 Å². The van der Waals surface area contributed by atoms with Crippen molar-refractivity contribution < 1.29 is 4.79 Å². The standard InChI is InChI=1S/C21H32N4O/c1-7-21(8-2,14-22)20(26)24(6)13-18-16(4)23-25(17(18)5)19-12-10-9-11-15(19)3/h9-12H,7-8,13-14,22H2,1-6H3. The molecule has 0 spiro atoms. The van der Waals surface area contributed by atoms with E-state index in [1.54, 1.807) is 4.90 Å². The summed E-state index contributed by atoms with van der Waals surface area (Å²) >= 11 is 0. The summed E-state index contributed by atoms with van der Waals surface area (Å²) in [5, 5.41) is 4.73. The molecule has 2 aromatic rings. The lowest BCUT2D eigenvalue weighted by Gasteiger charge is -2.33. The molecule has 0 radical (unpaired) electrons. The van der Waals surface area contributed by atoms with Crippen LogP contribution >= 0.6 is 0 Å². The fraction of sp³-hybridized carbons (Fsp3) is 0.524. The molecule has 2 N–H and O–H groups in total. The molecule has 0 bridgehead atoms. The van der Waals surface area contributed by atoms with E-state index in [0.717, 1.165) is 35.5 Å². The van der Waals surface area contributed by atoms with E-state index in [-0.39, 0.29) is 5.91 Å². The highest BCUT2D eigenvalue weighted by Crippen LogP contribution is 2.29. The SMILES string of the molecule is CCC(CC)(CN)C(=O)N(C)Cc1c(C)nn(-c2ccccc2C)c1C. The molecule has 0 aliphatic carbocycles. The molecule has 0 aliphatic rings. The number of rotatable bonds is 7. The zero-order valence-corrected chi connectivity index (χ0v) is 17.0. The second-order valence-corrected chi connectivity index (χ2v) is 7.20. The second kappa shape index (κ2) is 8.04. The quantitative estimate of drug-likeness (QED) is 0.825. The smallest absolute Gasteiger partial charge is 0.230 e. The van der Waals surface area contributed by atoms with Crippen LogP contribution in [0.5, 0.6) is 0 Å². The normalized spacial score (nSPS) is 11.7. The van der Waals surface area contributed by atoms with Gasteiger partial charge in [-0.25, -0.2) is 4.68 Å². The molecule has 5 heteroatoms. The summed E-state index contributed by atoms with van der Waals surface area (Å²) in [6, 6.07) is 8.20. The summed E-state index contributed by atoms with van der Waals surface area (Å²) in [5.41, 5.74) is 10.9. The van der Waals surface area contributed by atoms with Crippen molar-refractivity contribution in [2.45, 2.75) is 54.0 Å². The monoisotopic (exact) mass is 356 g/mol. The van der Waals surface area contributed by atoms with Crippen LogP contribution < -0.4 is 5.73 Å². The molecule has 0 aliphatic heterocycles. The molecule has 0 saturated carbocycles. The van der Waals surface area contributed by atoms with Gasteiger partial charge in [-0.3, -0.25) is 4.79 Å². The second-order valence-electron chi connectivity index (χ2n) is 7.20. The number of nitrogens with two attached hydrogens (primary N) is 1. The van der Waals surface area contributed by atoms with E-state index in [9.17, 15) is 4.79 Å². The van der Waals surface area contributed by atoms with Gasteiger partial charge in [0.1, 0.15) is 0 Å². The average molecular weight is 357 g/mol. The van der Waals surface area contributed by atoms with E-state index in [4.69, 9.17) is 10.8 Å². The van der Waals surface area contributed by atoms with Gasteiger partial charge in [-0.15, -0.1) is 0 Å². The molecule has 1 aromatic carbocycles. The van der Waals surface area contributed by atoms with E-state index in [1.807, 2.05) is 44.6 Å². The van der Waals surface area contributed by atoms with E-state index < -0.39 is 5.41 Å². The molecular formula is C21H32N4O. The molecule has 0 fully saturated rings. The highest BCUT2D eigenvalue weighted by Gasteiger charge is 2.36. The summed E-state index contributed by atoms with van der Waals surface area (Å²) in [4.78, 5) is 14.8. The lowest BCUT2D eigenvalue weighted by atomic mass is 9.81. The minimum Gasteiger partial charge on any atom is -0.341 e. The fourth-order valence-corrected chi connectivity index (χ4v) is 3.58. The number of amides is 1. The maximum absolute atomic E-state index is 13.0. The Balaban J connectivity index is 2.34. The molecule has 0 unspecified atom stereocenters. The summed E-state index contributed by atoms with van der Waals surface area (Å²) in [6.07, 6.45) is 1.51. The van der Waals surface area contributed by atoms with Crippen LogP contribution in [0.1, 0.15) is 49.2 Å². The Morgan fingerprint density at radius 2 is 1.81 bits per heavy atom. The molecule has 0 saturated heterocycles. The van der Waals surface area contributed by atoms with Crippen molar-refractivity contribution in [1.82, 2.24) is 14.7 Å². The zero-order valence-electron chi connectivity index (χ0n) is 17.0. The average Bonchev–Trinajstić information content (AvgIpc) is 2.92. The fourth-order valence-electron chi connectivity index (χ4n) is 3.58. The Morgan fingerprint density at radius 1 is 1.19 bits per heavy atom. The number of hydrogen-bond acceptors (Lipinski definition) is 3. The predicted octanol–water partition coefficient (Wildman–Crippen LogP) is 3.52. The first kappa shape index (κ1) is 20.2. The van der Waals surface area contributed by atoms with Crippen molar-refractivity contribution >= 4 is 5.91 Å². The van der Waals surface area contributed by atoms with Crippen LogP contribution in [0.3, 0.4) is 0 Å². The number of benzene rings is 1. The third kappa shape index (κ3) is 3.54. The van der Waals surface area contributed by atoms with Crippen LogP contribution in [0.15, 0.2) is 24.3 Å². The van der Waals surface area contributed by atoms with Crippen LogP contribution in [-0.2, 0) is 11.3 Å². The summed E-state index contributed by atoms with van der Waals surface area (Å²) in [7, 11) is 1.86. The predicted molar refractivity (Wildman–Crippen MR) is 106 cm³/mol. The van der Waals surface area contributed by atoms with Gasteiger partial charge in [0.05, 0.1) is 16.8 Å². The lowest BCUT2D eigenvalue weighted by Crippen LogP contribution is -2.45. The number of nitrogens with zero attached hydrogens (tertiary/aromatic N) is 3. The maximum Gasteiger partial charge on any atom is 0.230 e. The minimum atomic E-state index is -0.470. The van der Waals surface area contributed by atoms with Gasteiger partial charge < -0.3 is 10.6 Å². The number of aromatic nitrogens is 2. The molecule has 5 nitrogen and oxygen atoms in total. The number of aryl methyl sites for hydroxylation is 2. The van der Waals surface area contributed by atoms with Crippen molar-refractivity contribution in [2.75, 3.05) is 13.6 Å². The van der Waals surface area contributed by atoms with Gasteiger partial charge in [0, 0.05) is 31.4 Å². The Hall–Kier alpha value is -2.14. The third-order valence-electron chi connectivity index (χ3n) is 5.72. The Morgan fingerprint density at radius 3 is 2.35 bits per heavy atom. The van der Waals surface area contributed by atoms with Gasteiger partial charge in [-0.1, -0.05) is 32.0 Å². The van der Waals surface area contributed by atoms with E-state index in [2.05, 4.69) is 26.0 Å². The molecule has 1 amide bonds. The Kier molecular flexibility index (Phi) is 6.24. The van der Waals surface area contributed by atoms with Crippen molar-refractivity contribution in [1.29, 1.82) is 0 Å². The molecule has 1 heterocycles. The molecule has 0 atom stereocenters. The van der Waals surface area contributed by atoms with Crippen LogP contribution in [0.25, 0.3) is 5.69 Å². The summed E-state index contributed by atoms with van der Waals surface area (Å²) in [5.74, 6) is 0.118. The van der Waals surface area contributed by atoms with Crippen molar-refractivity contribution in [3.63, 3.8) is 0 Å². The number of carbonyl (C=O) groups is 1. The van der Waals surface area contributed by atoms with Gasteiger partial charge >= 0.3 is 0 Å². The van der Waals surface area contributed by atoms with Crippen LogP contribution in [0, 0.1) is 26.2 Å². The van der Waals surface area contributed by atoms with Crippen LogP contribution in [-0.4, -0.2) is 34.2 Å². The molecule has 1 aromatic heterocycles. The zero-order chi connectivity index (χ0) is 19.5.